The Morgan fingerprint density at radius 1 is 0.731 bits per heavy atom. The molecule has 5 amide bonds. The number of hydrogen-bond acceptors (Lipinski definition) is 19. The van der Waals surface area contributed by atoms with E-state index in [1.807, 2.05) is 26.8 Å². The number of aliphatic hydroxyl groups is 3. The van der Waals surface area contributed by atoms with Crippen molar-refractivity contribution >= 4 is 36.1 Å². The monoisotopic (exact) mass is 1110 g/mol. The van der Waals surface area contributed by atoms with E-state index in [0.29, 0.717) is 18.8 Å². The third-order valence-corrected chi connectivity index (χ3v) is 13.0. The highest BCUT2D eigenvalue weighted by atomic mass is 16.7. The lowest BCUT2D eigenvalue weighted by molar-refractivity contribution is -0.291. The van der Waals surface area contributed by atoms with Gasteiger partial charge in [0.2, 0.25) is 12.2 Å². The van der Waals surface area contributed by atoms with Gasteiger partial charge in [-0.1, -0.05) is 27.7 Å². The van der Waals surface area contributed by atoms with Crippen molar-refractivity contribution in [2.45, 2.75) is 239 Å². The van der Waals surface area contributed by atoms with Crippen molar-refractivity contribution in [3.63, 3.8) is 0 Å². The lowest BCUT2D eigenvalue weighted by atomic mass is 9.73. The summed E-state index contributed by atoms with van der Waals surface area (Å²) in [6.45, 7) is 29.3. The molecule has 0 bridgehead atoms. The van der Waals surface area contributed by atoms with Crippen LogP contribution >= 0.6 is 0 Å². The number of carbonyl (C=O) groups is 6. The Kier molecular flexibility index (Phi) is 21.9. The maximum absolute atomic E-state index is 13.9. The summed E-state index contributed by atoms with van der Waals surface area (Å²) in [6, 6.07) is -4.65. The van der Waals surface area contributed by atoms with Crippen molar-refractivity contribution in [2.24, 2.45) is 28.4 Å². The molecule has 0 spiro atoms. The van der Waals surface area contributed by atoms with Crippen LogP contribution in [-0.4, -0.2) is 173 Å². The van der Waals surface area contributed by atoms with Crippen molar-refractivity contribution < 1.29 is 82.0 Å². The van der Waals surface area contributed by atoms with Gasteiger partial charge in [0, 0.05) is 30.8 Å². The first-order chi connectivity index (χ1) is 35.5. The fraction of sp³-hybridized carbons (Fsp3) is 0.852. The summed E-state index contributed by atoms with van der Waals surface area (Å²) in [5, 5.41) is 52.7. The first-order valence-corrected chi connectivity index (χ1v) is 27.1. The lowest BCUT2D eigenvalue weighted by Gasteiger charge is -2.50. The van der Waals surface area contributed by atoms with Crippen LogP contribution in [0.25, 0.3) is 0 Å². The number of aliphatic hydroxyl groups excluding tert-OH is 2. The second-order valence-electron chi connectivity index (χ2n) is 26.9. The number of carbonyl (C=O) groups excluding carboxylic acids is 6. The maximum atomic E-state index is 13.9. The molecule has 2 saturated carbocycles. The van der Waals surface area contributed by atoms with E-state index in [1.165, 1.54) is 6.92 Å². The summed E-state index contributed by atoms with van der Waals surface area (Å²) < 4.78 is 48.0. The minimum absolute atomic E-state index is 0.140. The van der Waals surface area contributed by atoms with Crippen molar-refractivity contribution in [1.29, 1.82) is 0 Å². The molecule has 3 fully saturated rings. The van der Waals surface area contributed by atoms with Gasteiger partial charge >= 0.3 is 24.2 Å². The molecule has 1 saturated heterocycles. The molecule has 4 aliphatic rings. The molecular formula is C54H95N7O17. The number of ether oxygens (including phenoxy) is 8. The van der Waals surface area contributed by atoms with Gasteiger partial charge in [-0.05, 0) is 127 Å². The van der Waals surface area contributed by atoms with Crippen molar-refractivity contribution in [3.05, 3.63) is 11.8 Å². The van der Waals surface area contributed by atoms with E-state index in [4.69, 9.17) is 43.6 Å². The van der Waals surface area contributed by atoms with Crippen LogP contribution in [0.2, 0.25) is 0 Å². The Balaban J connectivity index is 1.73. The minimum Gasteiger partial charge on any atom is -0.466 e. The Morgan fingerprint density at radius 3 is 1.79 bits per heavy atom. The number of nitrogens with two attached hydrogens (primary N) is 1. The fourth-order valence-electron chi connectivity index (χ4n) is 9.43. The van der Waals surface area contributed by atoms with Crippen LogP contribution in [-0.2, 0) is 52.3 Å². The Bertz CT molecular complexity index is 2100. The number of rotatable bonds is 19. The van der Waals surface area contributed by atoms with E-state index in [2.05, 4.69) is 31.9 Å². The molecule has 13 atom stereocenters. The third kappa shape index (κ3) is 21.5. The van der Waals surface area contributed by atoms with E-state index in [1.54, 1.807) is 90.0 Å². The summed E-state index contributed by atoms with van der Waals surface area (Å²) in [6.07, 6.45) is -8.26. The molecule has 0 aromatic rings. The van der Waals surface area contributed by atoms with Crippen LogP contribution in [0.15, 0.2) is 11.8 Å². The van der Waals surface area contributed by atoms with Crippen LogP contribution in [0.1, 0.15) is 150 Å². The van der Waals surface area contributed by atoms with Gasteiger partial charge in [-0.2, -0.15) is 0 Å². The average molecular weight is 1110 g/mol. The Labute approximate surface area is 460 Å². The zero-order valence-corrected chi connectivity index (χ0v) is 49.2. The highest BCUT2D eigenvalue weighted by Crippen LogP contribution is 2.44. The molecule has 0 aromatic carbocycles. The number of nitrogens with one attached hydrogen (secondary N) is 6. The van der Waals surface area contributed by atoms with Gasteiger partial charge in [0.15, 0.2) is 6.29 Å². The summed E-state index contributed by atoms with van der Waals surface area (Å²) >= 11 is 0. The normalized spacial score (nSPS) is 29.2. The first-order valence-electron chi connectivity index (χ1n) is 27.1. The highest BCUT2D eigenvalue weighted by Gasteiger charge is 2.55. The maximum Gasteiger partial charge on any atom is 0.407 e. The van der Waals surface area contributed by atoms with E-state index < -0.39 is 150 Å². The number of hydrogen-bond donors (Lipinski definition) is 10. The van der Waals surface area contributed by atoms with Crippen LogP contribution in [0.3, 0.4) is 0 Å². The second kappa shape index (κ2) is 25.9. The van der Waals surface area contributed by atoms with Gasteiger partial charge in [-0.3, -0.25) is 14.4 Å². The lowest BCUT2D eigenvalue weighted by Crippen LogP contribution is -2.70. The summed E-state index contributed by atoms with van der Waals surface area (Å²) in [5.74, 6) is -3.58. The quantitative estimate of drug-likeness (QED) is 0.0655. The molecule has 2 aliphatic heterocycles. The molecule has 24 heteroatoms. The highest BCUT2D eigenvalue weighted by molar-refractivity contribution is 5.82. The molecule has 448 valence electrons. The van der Waals surface area contributed by atoms with E-state index in [0.717, 1.165) is 12.8 Å². The molecule has 5 unspecified atom stereocenters. The summed E-state index contributed by atoms with van der Waals surface area (Å²) in [7, 11) is 0. The number of amides is 5. The van der Waals surface area contributed by atoms with Gasteiger partial charge in [-0.25, -0.2) is 14.4 Å². The van der Waals surface area contributed by atoms with Crippen molar-refractivity contribution in [1.82, 2.24) is 31.9 Å². The van der Waals surface area contributed by atoms with Crippen LogP contribution in [0.4, 0.5) is 14.4 Å². The first kappa shape index (κ1) is 66.0. The molecule has 11 N–H and O–H groups in total. The average Bonchev–Trinajstić information content (AvgIpc) is 4.02. The summed E-state index contributed by atoms with van der Waals surface area (Å²) in [5.41, 5.74) is 1.17. The molecule has 24 nitrogen and oxygen atoms in total. The zero-order chi connectivity index (χ0) is 59.1. The standard InChI is InChI=1S/C54H95N7O17/c1-29(42(66)75-49(5,6)7)36-37(55)44(71-28-53(36,17)70)74-39-32(60-41(65)34(62)25-57-45(67)76-50(8,9)10)22-33(61-47(69)78-52(14,15)16)40(38(39)64)73-43-31(59-35(63)23-48(2,3)4)19-18-30(72-43)24-56-26-54(20-21-54)27-58-46(68)77-51(11,12)13/h18,29,31-34,36-40,43-44,56,62,64,70H,19-28,55H2,1-17H3,(H,57,67)(H,58,68)(H,59,63)(H,60,65)(H,61,69)/t29?,31-,32-,33?,34+,36-,37?,38?,39+,40-,43-,44?,53+/m1/s1. The Hall–Kier alpha value is -4.56. The second-order valence-corrected chi connectivity index (χ2v) is 26.9. The Morgan fingerprint density at radius 2 is 1.26 bits per heavy atom. The predicted octanol–water partition coefficient (Wildman–Crippen LogP) is 3.26. The molecule has 2 heterocycles. The topological polar surface area (TPSA) is 335 Å². The van der Waals surface area contributed by atoms with Crippen molar-refractivity contribution in [2.75, 3.05) is 32.8 Å². The zero-order valence-electron chi connectivity index (χ0n) is 49.2. The third-order valence-electron chi connectivity index (χ3n) is 13.0. The van der Waals surface area contributed by atoms with Gasteiger partial charge in [0.25, 0.3) is 5.91 Å². The van der Waals surface area contributed by atoms with Gasteiger partial charge in [0.1, 0.15) is 52.6 Å². The smallest absolute Gasteiger partial charge is 0.407 e. The van der Waals surface area contributed by atoms with Crippen LogP contribution in [0.5, 0.6) is 0 Å². The molecule has 0 aromatic heterocycles. The van der Waals surface area contributed by atoms with Crippen LogP contribution in [0, 0.1) is 22.7 Å². The number of alkyl carbamates (subject to hydrolysis) is 3. The minimum atomic E-state index is -1.87. The van der Waals surface area contributed by atoms with E-state index >= 15 is 0 Å². The molecule has 2 aliphatic carbocycles. The van der Waals surface area contributed by atoms with E-state index in [-0.39, 0.29) is 37.1 Å². The van der Waals surface area contributed by atoms with Gasteiger partial charge in [-0.15, -0.1) is 0 Å². The van der Waals surface area contributed by atoms with Crippen molar-refractivity contribution in [3.8, 4) is 0 Å². The van der Waals surface area contributed by atoms with Gasteiger partial charge < -0.3 is 90.8 Å². The molecular weight excluding hydrogens is 1020 g/mol. The van der Waals surface area contributed by atoms with Crippen LogP contribution < -0.4 is 37.6 Å². The molecule has 0 radical (unpaired) electrons. The predicted molar refractivity (Wildman–Crippen MR) is 285 cm³/mol. The SMILES string of the molecule is CC(C(=O)OC(C)(C)C)[C@@H]1C(N)C(O[C@@H]2C(O)[C@H](O[C@H]3OC(CNCC4(CNC(=O)OC(C)(C)C)CC4)=CC[C@H]3NC(=O)CC(C)(C)C)C(NC(=O)OC(C)(C)C)C[C@H]2NC(=O)[C@@H](O)CNC(=O)OC(C)(C)C)OC[C@]1(C)O. The fourth-order valence-corrected chi connectivity index (χ4v) is 9.43. The number of esters is 1. The molecule has 4 rings (SSSR count). The van der Waals surface area contributed by atoms with Gasteiger partial charge in [0.05, 0.1) is 55.4 Å². The van der Waals surface area contributed by atoms with E-state index in [9.17, 15) is 44.1 Å². The molecule has 78 heavy (non-hydrogen) atoms. The summed E-state index contributed by atoms with van der Waals surface area (Å²) in [4.78, 5) is 79.8. The largest absolute Gasteiger partial charge is 0.466 e.